The molecule has 4 nitrogen and oxygen atoms in total. The van der Waals surface area contributed by atoms with Crippen molar-refractivity contribution >= 4 is 5.78 Å². The lowest BCUT2D eigenvalue weighted by Crippen LogP contribution is -2.64. The summed E-state index contributed by atoms with van der Waals surface area (Å²) in [6.07, 6.45) is 8.73. The lowest BCUT2D eigenvalue weighted by Gasteiger charge is -2.68. The van der Waals surface area contributed by atoms with Crippen LogP contribution >= 0.6 is 0 Å². The van der Waals surface area contributed by atoms with Crippen LogP contribution in [0.5, 0.6) is 0 Å². The molecular weight excluding hydrogens is 434 g/mol. The lowest BCUT2D eigenvalue weighted by atomic mass is 9.36. The van der Waals surface area contributed by atoms with E-state index in [4.69, 9.17) is 6.57 Å². The molecule has 35 heavy (non-hydrogen) atoms. The van der Waals surface area contributed by atoms with Crippen molar-refractivity contribution in [3.05, 3.63) is 34.5 Å². The van der Waals surface area contributed by atoms with Gasteiger partial charge in [-0.05, 0) is 99.7 Å². The lowest BCUT2D eigenvalue weighted by molar-refractivity contribution is -0.199. The molecule has 0 radical (unpaired) electrons. The Kier molecular flexibility index (Phi) is 6.20. The van der Waals surface area contributed by atoms with Crippen LogP contribution in [0.1, 0.15) is 107 Å². The van der Waals surface area contributed by atoms with Crippen molar-refractivity contribution in [1.82, 2.24) is 0 Å². The highest BCUT2D eigenvalue weighted by Crippen LogP contribution is 2.75. The monoisotopic (exact) mass is 481 g/mol. The SMILES string of the molecule is [C-]#[N+]C1=C(O)C(C)(C)C2CC[C@]3(C)C(CC(=O)C4C([C@@](C)(O)CCC=C(C)C)CC[C@]43C)[C@@]2(C)C1. The molecule has 0 bridgehead atoms. The van der Waals surface area contributed by atoms with E-state index in [1.807, 2.05) is 6.92 Å². The molecule has 0 aliphatic heterocycles. The van der Waals surface area contributed by atoms with Crippen molar-refractivity contribution in [1.29, 1.82) is 0 Å². The third kappa shape index (κ3) is 3.58. The molecule has 0 spiro atoms. The van der Waals surface area contributed by atoms with Gasteiger partial charge in [0.1, 0.15) is 11.5 Å². The third-order valence-corrected chi connectivity index (χ3v) is 11.9. The molecule has 0 amide bonds. The molecule has 8 atom stereocenters. The summed E-state index contributed by atoms with van der Waals surface area (Å²) in [5, 5.41) is 22.6. The van der Waals surface area contributed by atoms with Gasteiger partial charge in [-0.1, -0.05) is 46.3 Å². The topological polar surface area (TPSA) is 61.9 Å². The van der Waals surface area contributed by atoms with Crippen molar-refractivity contribution in [2.24, 2.45) is 45.3 Å². The zero-order chi connectivity index (χ0) is 26.2. The Bertz CT molecular complexity index is 1010. The maximum Gasteiger partial charge on any atom is 0.203 e. The first-order valence-electron chi connectivity index (χ1n) is 13.7. The average molecular weight is 482 g/mol. The third-order valence-electron chi connectivity index (χ3n) is 11.9. The maximum absolute atomic E-state index is 14.1. The van der Waals surface area contributed by atoms with Gasteiger partial charge in [0.15, 0.2) is 0 Å². The molecule has 4 aliphatic rings. The number of carbonyl (C=O) groups is 1. The number of ketones is 1. The van der Waals surface area contributed by atoms with E-state index in [1.54, 1.807) is 0 Å². The number of carbonyl (C=O) groups excluding carboxylic acids is 1. The Balaban J connectivity index is 1.72. The zero-order valence-corrected chi connectivity index (χ0v) is 23.3. The summed E-state index contributed by atoms with van der Waals surface area (Å²) in [5.74, 6) is 0.906. The van der Waals surface area contributed by atoms with Crippen molar-refractivity contribution < 1.29 is 15.0 Å². The average Bonchev–Trinajstić information content (AvgIpc) is 3.13. The second-order valence-electron chi connectivity index (χ2n) is 14.3. The molecule has 3 saturated carbocycles. The van der Waals surface area contributed by atoms with Crippen LogP contribution in [-0.4, -0.2) is 21.6 Å². The predicted molar refractivity (Wildman–Crippen MR) is 140 cm³/mol. The Morgan fingerprint density at radius 3 is 2.34 bits per heavy atom. The van der Waals surface area contributed by atoms with Crippen LogP contribution in [0.2, 0.25) is 0 Å². The van der Waals surface area contributed by atoms with Crippen LogP contribution in [0.15, 0.2) is 23.1 Å². The molecule has 0 heterocycles. The first-order valence-corrected chi connectivity index (χ1v) is 13.7. The largest absolute Gasteiger partial charge is 0.523 e. The number of aliphatic hydroxyl groups is 2. The molecule has 0 aromatic heterocycles. The maximum atomic E-state index is 14.1. The van der Waals surface area contributed by atoms with E-state index in [-0.39, 0.29) is 45.7 Å². The van der Waals surface area contributed by atoms with Crippen molar-refractivity contribution in [3.8, 4) is 0 Å². The smallest absolute Gasteiger partial charge is 0.203 e. The van der Waals surface area contributed by atoms with Gasteiger partial charge in [-0.2, -0.15) is 0 Å². The van der Waals surface area contributed by atoms with Crippen LogP contribution in [-0.2, 0) is 4.79 Å². The molecule has 0 saturated heterocycles. The van der Waals surface area contributed by atoms with Gasteiger partial charge in [0.05, 0.1) is 12.2 Å². The number of allylic oxidation sites excluding steroid dienone is 4. The molecule has 194 valence electrons. The Hall–Kier alpha value is -1.60. The second kappa shape index (κ2) is 8.20. The predicted octanol–water partition coefficient (Wildman–Crippen LogP) is 7.65. The summed E-state index contributed by atoms with van der Waals surface area (Å²) in [6, 6.07) is 0. The van der Waals surface area contributed by atoms with Gasteiger partial charge < -0.3 is 10.2 Å². The summed E-state index contributed by atoms with van der Waals surface area (Å²) >= 11 is 0. The van der Waals surface area contributed by atoms with Gasteiger partial charge in [0.2, 0.25) is 5.70 Å². The first kappa shape index (κ1) is 26.5. The Labute approximate surface area is 213 Å². The molecular formula is C31H47NO3. The molecule has 4 aliphatic carbocycles. The normalized spacial score (nSPS) is 43.9. The molecule has 2 N–H and O–H groups in total. The van der Waals surface area contributed by atoms with Crippen LogP contribution in [0, 0.1) is 51.9 Å². The fourth-order valence-electron chi connectivity index (χ4n) is 9.84. The minimum absolute atomic E-state index is 0.000549. The summed E-state index contributed by atoms with van der Waals surface area (Å²) in [5.41, 5.74) is 0.0605. The van der Waals surface area contributed by atoms with Gasteiger partial charge in [0.25, 0.3) is 0 Å². The standard InChI is InChI=1S/C31H47NO3/c1-19(2)11-10-14-31(8,35)20-12-15-30(7)25(20)22(33)17-24-28(5)18-21(32-9)26(34)27(3,4)23(28)13-16-29(24,30)6/h11,20,23-25,34-35H,10,12-18H2,1-8H3/t20?,23?,24?,25?,28-,29+,30+,31-/m0/s1. The van der Waals surface area contributed by atoms with Crippen LogP contribution in [0.3, 0.4) is 0 Å². The quantitative estimate of drug-likeness (QED) is 0.320. The fourth-order valence-corrected chi connectivity index (χ4v) is 9.84. The molecule has 4 rings (SSSR count). The second-order valence-corrected chi connectivity index (χ2v) is 14.3. The minimum atomic E-state index is -0.854. The van der Waals surface area contributed by atoms with E-state index in [2.05, 4.69) is 59.4 Å². The summed E-state index contributed by atoms with van der Waals surface area (Å²) in [6.45, 7) is 25.1. The fraction of sp³-hybridized carbons (Fsp3) is 0.806. The first-order chi connectivity index (χ1) is 16.1. The number of hydrogen-bond donors (Lipinski definition) is 2. The number of fused-ring (bicyclic) bond motifs is 5. The molecule has 0 aromatic carbocycles. The van der Waals surface area contributed by atoms with Gasteiger partial charge in [-0.3, -0.25) is 4.79 Å². The highest BCUT2D eigenvalue weighted by molar-refractivity contribution is 5.84. The zero-order valence-electron chi connectivity index (χ0n) is 23.3. The number of rotatable bonds is 4. The van der Waals surface area contributed by atoms with E-state index in [1.165, 1.54) is 5.57 Å². The van der Waals surface area contributed by atoms with Gasteiger partial charge in [0, 0.05) is 17.8 Å². The Morgan fingerprint density at radius 1 is 1.11 bits per heavy atom. The highest BCUT2D eigenvalue weighted by atomic mass is 16.3. The van der Waals surface area contributed by atoms with Gasteiger partial charge >= 0.3 is 0 Å². The van der Waals surface area contributed by atoms with E-state index in [0.717, 1.165) is 32.1 Å². The Morgan fingerprint density at radius 2 is 1.74 bits per heavy atom. The van der Waals surface area contributed by atoms with Gasteiger partial charge in [-0.15, -0.1) is 0 Å². The molecule has 4 heteroatoms. The molecule has 0 aromatic rings. The molecule has 3 fully saturated rings. The van der Waals surface area contributed by atoms with E-state index in [0.29, 0.717) is 30.7 Å². The van der Waals surface area contributed by atoms with Crippen LogP contribution in [0.25, 0.3) is 4.85 Å². The number of hydrogen-bond acceptors (Lipinski definition) is 3. The highest BCUT2D eigenvalue weighted by Gasteiger charge is 2.71. The van der Waals surface area contributed by atoms with Crippen LogP contribution in [0.4, 0.5) is 0 Å². The minimum Gasteiger partial charge on any atom is -0.523 e. The van der Waals surface area contributed by atoms with E-state index < -0.39 is 11.0 Å². The molecule has 4 unspecified atom stereocenters. The van der Waals surface area contributed by atoms with E-state index >= 15 is 0 Å². The van der Waals surface area contributed by atoms with Crippen molar-refractivity contribution in [2.75, 3.05) is 0 Å². The van der Waals surface area contributed by atoms with Crippen LogP contribution < -0.4 is 0 Å². The van der Waals surface area contributed by atoms with E-state index in [9.17, 15) is 15.0 Å². The summed E-state index contributed by atoms with van der Waals surface area (Å²) < 4.78 is 0. The number of nitrogens with zero attached hydrogens (tertiary/aromatic N) is 1. The van der Waals surface area contributed by atoms with Crippen molar-refractivity contribution in [2.45, 2.75) is 112 Å². The van der Waals surface area contributed by atoms with Crippen molar-refractivity contribution in [3.63, 3.8) is 0 Å². The number of aliphatic hydroxyl groups excluding tert-OH is 1. The number of Topliss-reactive ketones (excluding diaryl/α,β-unsaturated/α-hetero) is 1. The van der Waals surface area contributed by atoms with Gasteiger partial charge in [-0.25, -0.2) is 4.85 Å². The summed E-state index contributed by atoms with van der Waals surface area (Å²) in [4.78, 5) is 17.8. The summed E-state index contributed by atoms with van der Waals surface area (Å²) in [7, 11) is 0.